The lowest BCUT2D eigenvalue weighted by molar-refractivity contribution is -0.0216. The van der Waals surface area contributed by atoms with E-state index in [0.29, 0.717) is 6.42 Å². The van der Waals surface area contributed by atoms with Gasteiger partial charge in [0.15, 0.2) is 0 Å². The zero-order valence-electron chi connectivity index (χ0n) is 6.70. The highest BCUT2D eigenvalue weighted by Crippen LogP contribution is 2.23. The maximum atomic E-state index is 9.75. The number of hydrogen-bond acceptors (Lipinski definition) is 2. The molecule has 0 aromatic carbocycles. The van der Waals surface area contributed by atoms with Gasteiger partial charge >= 0.3 is 0 Å². The van der Waals surface area contributed by atoms with E-state index >= 15 is 0 Å². The molecule has 62 valence electrons. The van der Waals surface area contributed by atoms with Crippen LogP contribution in [0.15, 0.2) is 24.3 Å². The lowest BCUT2D eigenvalue weighted by Crippen LogP contribution is -2.40. The lowest BCUT2D eigenvalue weighted by atomic mass is 9.88. The van der Waals surface area contributed by atoms with Gasteiger partial charge in [-0.3, -0.25) is 0 Å². The van der Waals surface area contributed by atoms with Crippen LogP contribution in [0.2, 0.25) is 0 Å². The van der Waals surface area contributed by atoms with Gasteiger partial charge in [-0.15, -0.1) is 0 Å². The first-order chi connectivity index (χ1) is 5.19. The standard InChI is InChI=1S/C9H14O2/c1-2-6-9(11)7-4-3-5-8(9)10/h3-5,7-8,10-11H,2,6H2,1H3. The van der Waals surface area contributed by atoms with Crippen molar-refractivity contribution in [1.82, 2.24) is 0 Å². The molecule has 0 amide bonds. The average molecular weight is 154 g/mol. The molecule has 1 aliphatic rings. The third-order valence-electron chi connectivity index (χ3n) is 1.95. The van der Waals surface area contributed by atoms with Crippen molar-refractivity contribution in [3.8, 4) is 0 Å². The summed E-state index contributed by atoms with van der Waals surface area (Å²) in [6, 6.07) is 0. The van der Waals surface area contributed by atoms with Gasteiger partial charge in [0.1, 0.15) is 11.7 Å². The summed E-state index contributed by atoms with van der Waals surface area (Å²) in [5.74, 6) is 0. The minimum atomic E-state index is -1.02. The SMILES string of the molecule is CCCC1(O)C=CC=CC1O. The molecular formula is C9H14O2. The minimum absolute atomic E-state index is 0.606. The van der Waals surface area contributed by atoms with Crippen LogP contribution in [-0.2, 0) is 0 Å². The van der Waals surface area contributed by atoms with Gasteiger partial charge in [0.05, 0.1) is 0 Å². The van der Waals surface area contributed by atoms with Gasteiger partial charge in [-0.2, -0.15) is 0 Å². The molecule has 0 bridgehead atoms. The van der Waals surface area contributed by atoms with Crippen molar-refractivity contribution in [1.29, 1.82) is 0 Å². The zero-order chi connectivity index (χ0) is 8.32. The summed E-state index contributed by atoms with van der Waals surface area (Å²) < 4.78 is 0. The van der Waals surface area contributed by atoms with E-state index in [1.165, 1.54) is 0 Å². The van der Waals surface area contributed by atoms with E-state index in [0.717, 1.165) is 6.42 Å². The fourth-order valence-corrected chi connectivity index (χ4v) is 1.29. The molecule has 0 spiro atoms. The van der Waals surface area contributed by atoms with Gasteiger partial charge in [0.2, 0.25) is 0 Å². The van der Waals surface area contributed by atoms with E-state index in [9.17, 15) is 10.2 Å². The summed E-state index contributed by atoms with van der Waals surface area (Å²) >= 11 is 0. The molecule has 2 nitrogen and oxygen atoms in total. The minimum Gasteiger partial charge on any atom is -0.386 e. The Morgan fingerprint density at radius 3 is 2.73 bits per heavy atom. The topological polar surface area (TPSA) is 40.5 Å². The van der Waals surface area contributed by atoms with Crippen molar-refractivity contribution in [2.75, 3.05) is 0 Å². The maximum absolute atomic E-state index is 9.75. The maximum Gasteiger partial charge on any atom is 0.112 e. The summed E-state index contributed by atoms with van der Waals surface area (Å²) in [4.78, 5) is 0. The largest absolute Gasteiger partial charge is 0.386 e. The van der Waals surface area contributed by atoms with Gasteiger partial charge in [-0.25, -0.2) is 0 Å². The summed E-state index contributed by atoms with van der Waals surface area (Å²) in [7, 11) is 0. The molecule has 2 N–H and O–H groups in total. The molecule has 2 heteroatoms. The van der Waals surface area contributed by atoms with E-state index < -0.39 is 11.7 Å². The molecule has 0 aliphatic heterocycles. The van der Waals surface area contributed by atoms with Gasteiger partial charge < -0.3 is 10.2 Å². The summed E-state index contributed by atoms with van der Waals surface area (Å²) in [6.07, 6.45) is 7.50. The van der Waals surface area contributed by atoms with Crippen molar-refractivity contribution in [2.24, 2.45) is 0 Å². The molecule has 0 radical (unpaired) electrons. The highest BCUT2D eigenvalue weighted by molar-refractivity contribution is 5.22. The summed E-state index contributed by atoms with van der Waals surface area (Å²) in [5, 5.41) is 19.1. The average Bonchev–Trinajstić information content (AvgIpc) is 1.96. The summed E-state index contributed by atoms with van der Waals surface area (Å²) in [6.45, 7) is 1.98. The Morgan fingerprint density at radius 2 is 2.18 bits per heavy atom. The first-order valence-electron chi connectivity index (χ1n) is 3.95. The van der Waals surface area contributed by atoms with Gasteiger partial charge in [-0.1, -0.05) is 37.6 Å². The molecule has 1 rings (SSSR count). The number of aliphatic hydroxyl groups excluding tert-OH is 1. The molecule has 0 saturated carbocycles. The van der Waals surface area contributed by atoms with Crippen LogP contribution in [0.25, 0.3) is 0 Å². The predicted molar refractivity (Wildman–Crippen MR) is 44.1 cm³/mol. The molecule has 2 unspecified atom stereocenters. The van der Waals surface area contributed by atoms with Crippen molar-refractivity contribution in [3.05, 3.63) is 24.3 Å². The zero-order valence-corrected chi connectivity index (χ0v) is 6.70. The molecule has 0 aromatic heterocycles. The van der Waals surface area contributed by atoms with E-state index in [4.69, 9.17) is 0 Å². The number of hydrogen-bond donors (Lipinski definition) is 2. The molecular weight excluding hydrogens is 140 g/mol. The van der Waals surface area contributed by atoms with Crippen molar-refractivity contribution >= 4 is 0 Å². The van der Waals surface area contributed by atoms with Crippen LogP contribution in [-0.4, -0.2) is 21.9 Å². The van der Waals surface area contributed by atoms with E-state index in [-0.39, 0.29) is 0 Å². The highest BCUT2D eigenvalue weighted by Gasteiger charge is 2.31. The quantitative estimate of drug-likeness (QED) is 0.623. The second-order valence-electron chi connectivity index (χ2n) is 2.93. The summed E-state index contributed by atoms with van der Waals surface area (Å²) in [5.41, 5.74) is -1.02. The van der Waals surface area contributed by atoms with Crippen molar-refractivity contribution in [2.45, 2.75) is 31.5 Å². The van der Waals surface area contributed by atoms with Crippen LogP contribution < -0.4 is 0 Å². The van der Waals surface area contributed by atoms with E-state index in [2.05, 4.69) is 0 Å². The Bertz CT molecular complexity index is 184. The molecule has 0 heterocycles. The lowest BCUT2D eigenvalue weighted by Gasteiger charge is -2.29. The van der Waals surface area contributed by atoms with Crippen LogP contribution in [0.4, 0.5) is 0 Å². The fourth-order valence-electron chi connectivity index (χ4n) is 1.29. The molecule has 0 aromatic rings. The fraction of sp³-hybridized carbons (Fsp3) is 0.556. The number of allylic oxidation sites excluding steroid dienone is 2. The van der Waals surface area contributed by atoms with E-state index in [1.54, 1.807) is 24.3 Å². The Balaban J connectivity index is 2.68. The van der Waals surface area contributed by atoms with Crippen LogP contribution in [0, 0.1) is 0 Å². The molecule has 0 fully saturated rings. The van der Waals surface area contributed by atoms with Gasteiger partial charge in [0.25, 0.3) is 0 Å². The van der Waals surface area contributed by atoms with Crippen molar-refractivity contribution in [3.63, 3.8) is 0 Å². The number of aliphatic hydroxyl groups is 2. The first-order valence-corrected chi connectivity index (χ1v) is 3.95. The first kappa shape index (κ1) is 8.50. The van der Waals surface area contributed by atoms with Crippen LogP contribution >= 0.6 is 0 Å². The van der Waals surface area contributed by atoms with Crippen LogP contribution in [0.3, 0.4) is 0 Å². The predicted octanol–water partition coefficient (Wildman–Crippen LogP) is 1.00. The van der Waals surface area contributed by atoms with Crippen LogP contribution in [0.1, 0.15) is 19.8 Å². The monoisotopic (exact) mass is 154 g/mol. The molecule has 2 atom stereocenters. The molecule has 1 aliphatic carbocycles. The second kappa shape index (κ2) is 3.20. The number of rotatable bonds is 2. The van der Waals surface area contributed by atoms with Gasteiger partial charge in [0, 0.05) is 0 Å². The third kappa shape index (κ3) is 1.70. The smallest absolute Gasteiger partial charge is 0.112 e. The molecule has 11 heavy (non-hydrogen) atoms. The van der Waals surface area contributed by atoms with E-state index in [1.807, 2.05) is 6.92 Å². The molecule has 0 saturated heterocycles. The third-order valence-corrected chi connectivity index (χ3v) is 1.95. The Morgan fingerprint density at radius 1 is 1.45 bits per heavy atom. The Kier molecular flexibility index (Phi) is 2.47. The van der Waals surface area contributed by atoms with Crippen LogP contribution in [0.5, 0.6) is 0 Å². The van der Waals surface area contributed by atoms with Crippen molar-refractivity contribution < 1.29 is 10.2 Å². The Hall–Kier alpha value is -0.600. The Labute approximate surface area is 66.9 Å². The normalized spacial score (nSPS) is 36.1. The second-order valence-corrected chi connectivity index (χ2v) is 2.93. The highest BCUT2D eigenvalue weighted by atomic mass is 16.3. The van der Waals surface area contributed by atoms with Gasteiger partial charge in [-0.05, 0) is 6.42 Å².